The Bertz CT molecular complexity index is 657. The second-order valence-corrected chi connectivity index (χ2v) is 11.8. The first-order valence-corrected chi connectivity index (χ1v) is 16.3. The summed E-state index contributed by atoms with van der Waals surface area (Å²) in [6.45, 7) is 6.71. The van der Waals surface area contributed by atoms with Gasteiger partial charge in [-0.15, -0.1) is 0 Å². The Morgan fingerprint density at radius 2 is 0.775 bits per heavy atom. The van der Waals surface area contributed by atoms with Gasteiger partial charge in [-0.25, -0.2) is 14.4 Å². The van der Waals surface area contributed by atoms with E-state index in [0.29, 0.717) is 6.42 Å². The van der Waals surface area contributed by atoms with Crippen LogP contribution in [0.2, 0.25) is 0 Å². The van der Waals surface area contributed by atoms with E-state index in [0.717, 1.165) is 19.3 Å². The van der Waals surface area contributed by atoms with Crippen LogP contribution in [0.3, 0.4) is 0 Å². The van der Waals surface area contributed by atoms with Crippen molar-refractivity contribution in [3.05, 3.63) is 12.2 Å². The van der Waals surface area contributed by atoms with Gasteiger partial charge in [-0.2, -0.15) is 0 Å². The van der Waals surface area contributed by atoms with Crippen LogP contribution in [0.25, 0.3) is 0 Å². The van der Waals surface area contributed by atoms with Gasteiger partial charge in [0.1, 0.15) is 0 Å². The van der Waals surface area contributed by atoms with Crippen molar-refractivity contribution in [3.63, 3.8) is 0 Å². The monoisotopic (exact) mass is 568 g/mol. The zero-order chi connectivity index (χ0) is 30.2. The van der Waals surface area contributed by atoms with Gasteiger partial charge in [0.15, 0.2) is 18.1 Å². The van der Waals surface area contributed by atoms with Crippen LogP contribution >= 0.6 is 0 Å². The van der Waals surface area contributed by atoms with Gasteiger partial charge in [-0.3, -0.25) is 4.48 Å². The van der Waals surface area contributed by atoms with Gasteiger partial charge in [0.2, 0.25) is 0 Å². The number of unbranched alkanes of at least 4 members (excludes halogenated alkanes) is 18. The molecular formula is C33H62NO6+. The predicted molar refractivity (Wildman–Crippen MR) is 164 cm³/mol. The van der Waals surface area contributed by atoms with Crippen molar-refractivity contribution < 1.29 is 34.2 Å². The molecule has 7 nitrogen and oxygen atoms in total. The highest BCUT2D eigenvalue weighted by Crippen LogP contribution is 2.27. The molecule has 234 valence electrons. The van der Waals surface area contributed by atoms with Gasteiger partial charge in [0, 0.05) is 0 Å². The van der Waals surface area contributed by atoms with Crippen molar-refractivity contribution in [2.45, 2.75) is 174 Å². The van der Waals surface area contributed by atoms with Crippen LogP contribution in [0.5, 0.6) is 0 Å². The zero-order valence-electron chi connectivity index (χ0n) is 26.2. The molecule has 0 heterocycles. The Morgan fingerprint density at radius 3 is 1.07 bits per heavy atom. The molecule has 0 bridgehead atoms. The number of aliphatic carboxylic acids is 3. The topological polar surface area (TPSA) is 112 Å². The van der Waals surface area contributed by atoms with Crippen LogP contribution in [0.1, 0.15) is 156 Å². The van der Waals surface area contributed by atoms with E-state index in [1.165, 1.54) is 124 Å². The molecule has 0 aliphatic heterocycles. The number of quaternary nitrogens is 1. The van der Waals surface area contributed by atoms with Crippen LogP contribution in [0, 0.1) is 0 Å². The number of nitrogens with zero attached hydrogens (tertiary/aromatic N) is 1. The van der Waals surface area contributed by atoms with E-state index in [1.54, 1.807) is 0 Å². The summed E-state index contributed by atoms with van der Waals surface area (Å²) >= 11 is 0. The van der Waals surface area contributed by atoms with E-state index in [9.17, 15) is 29.7 Å². The molecule has 0 fully saturated rings. The summed E-state index contributed by atoms with van der Waals surface area (Å²) in [4.78, 5) is 35.4. The van der Waals surface area contributed by atoms with Crippen LogP contribution in [0.4, 0.5) is 0 Å². The average molecular weight is 569 g/mol. The van der Waals surface area contributed by atoms with Gasteiger partial charge in [-0.05, 0) is 52.9 Å². The summed E-state index contributed by atoms with van der Waals surface area (Å²) in [6, 6.07) is -3.41. The fourth-order valence-electron chi connectivity index (χ4n) is 5.90. The van der Waals surface area contributed by atoms with E-state index in [4.69, 9.17) is 0 Å². The number of carboxylic acids is 3. The van der Waals surface area contributed by atoms with Gasteiger partial charge in [0.05, 0.1) is 6.54 Å². The average Bonchev–Trinajstić information content (AvgIpc) is 2.92. The fourth-order valence-corrected chi connectivity index (χ4v) is 5.90. The molecule has 3 N–H and O–H groups in total. The number of hydrogen-bond donors (Lipinski definition) is 3. The summed E-state index contributed by atoms with van der Waals surface area (Å²) in [5.74, 6) is -3.54. The Morgan fingerprint density at radius 1 is 0.500 bits per heavy atom. The molecular weight excluding hydrogens is 506 g/mol. The summed E-state index contributed by atoms with van der Waals surface area (Å²) in [5, 5.41) is 28.9. The maximum absolute atomic E-state index is 11.8. The van der Waals surface area contributed by atoms with Crippen molar-refractivity contribution in [1.29, 1.82) is 0 Å². The third-order valence-corrected chi connectivity index (χ3v) is 8.79. The minimum Gasteiger partial charge on any atom is -0.477 e. The number of allylic oxidation sites excluding steroid dienone is 2. The lowest BCUT2D eigenvalue weighted by Crippen LogP contribution is -2.70. The number of rotatable bonds is 28. The molecule has 0 spiro atoms. The molecule has 0 saturated carbocycles. The molecule has 0 aliphatic carbocycles. The first-order chi connectivity index (χ1) is 19.1. The molecule has 3 atom stereocenters. The molecule has 0 aromatic carbocycles. The van der Waals surface area contributed by atoms with Crippen molar-refractivity contribution in [2.75, 3.05) is 6.54 Å². The van der Waals surface area contributed by atoms with Crippen molar-refractivity contribution in [1.82, 2.24) is 0 Å². The molecule has 0 aromatic heterocycles. The third-order valence-electron chi connectivity index (χ3n) is 8.79. The minimum atomic E-state index is -1.18. The molecule has 7 heteroatoms. The molecule has 0 rings (SSSR count). The summed E-state index contributed by atoms with van der Waals surface area (Å²) in [7, 11) is 0. The van der Waals surface area contributed by atoms with Crippen molar-refractivity contribution in [3.8, 4) is 0 Å². The van der Waals surface area contributed by atoms with E-state index in [-0.39, 0.29) is 6.54 Å². The van der Waals surface area contributed by atoms with Crippen LogP contribution < -0.4 is 0 Å². The molecule has 0 radical (unpaired) electrons. The zero-order valence-corrected chi connectivity index (χ0v) is 26.2. The highest BCUT2D eigenvalue weighted by atomic mass is 16.4. The summed E-state index contributed by atoms with van der Waals surface area (Å²) < 4.78 is -0.497. The Hall–Kier alpha value is -1.89. The SMILES string of the molecule is CCCCCCCCCCCCCCCCCC/C=C/CCCC[N+](C(C)C(=O)O)(C(C)C(=O)O)C(C)C(=O)O. The first-order valence-electron chi connectivity index (χ1n) is 16.3. The van der Waals surface area contributed by atoms with E-state index in [1.807, 2.05) is 0 Å². The first kappa shape index (κ1) is 38.1. The number of hydrogen-bond acceptors (Lipinski definition) is 3. The quantitative estimate of drug-likeness (QED) is 0.0495. The lowest BCUT2D eigenvalue weighted by atomic mass is 10.0. The Kier molecular flexibility index (Phi) is 22.7. The van der Waals surface area contributed by atoms with Gasteiger partial charge in [0.25, 0.3) is 0 Å². The molecule has 0 aromatic rings. The van der Waals surface area contributed by atoms with Crippen LogP contribution in [0.15, 0.2) is 12.2 Å². The van der Waals surface area contributed by atoms with Gasteiger partial charge >= 0.3 is 17.9 Å². The summed E-state index contributed by atoms with van der Waals surface area (Å²) in [6.07, 6.45) is 29.4. The van der Waals surface area contributed by atoms with Gasteiger partial charge < -0.3 is 15.3 Å². The van der Waals surface area contributed by atoms with Crippen LogP contribution in [-0.4, -0.2) is 62.4 Å². The highest BCUT2D eigenvalue weighted by molar-refractivity contribution is 5.77. The molecule has 40 heavy (non-hydrogen) atoms. The second-order valence-electron chi connectivity index (χ2n) is 11.8. The summed E-state index contributed by atoms with van der Waals surface area (Å²) in [5.41, 5.74) is 0. The Labute approximate surface area is 245 Å². The Balaban J connectivity index is 4.03. The van der Waals surface area contributed by atoms with E-state index < -0.39 is 40.5 Å². The number of carboxylic acid groups (broad SMARTS) is 3. The number of carbonyl (C=O) groups is 3. The largest absolute Gasteiger partial charge is 0.477 e. The second kappa shape index (κ2) is 23.8. The molecule has 0 amide bonds. The third kappa shape index (κ3) is 15.8. The van der Waals surface area contributed by atoms with Crippen molar-refractivity contribution in [2.24, 2.45) is 0 Å². The molecule has 0 saturated heterocycles. The maximum atomic E-state index is 11.8. The van der Waals surface area contributed by atoms with E-state index in [2.05, 4.69) is 19.1 Å². The standard InChI is InChI=1S/C33H61NO6/c1-5-6-7-8-9-10-11-12-13-14-15-16-17-18-19-20-21-22-23-24-25-26-27-34(28(2)31(35)36,29(3)32(37)38)30(4)33(39)40/h22-23,28-30H,5-21,24-27H2,1-4H3,(H2-,35,36,37,38,39,40)/p+1/b23-22+. The van der Waals surface area contributed by atoms with E-state index >= 15 is 0 Å². The van der Waals surface area contributed by atoms with Gasteiger partial charge in [-0.1, -0.05) is 115 Å². The minimum absolute atomic E-state index is 0.196. The van der Waals surface area contributed by atoms with Crippen molar-refractivity contribution >= 4 is 17.9 Å². The normalized spacial score (nSPS) is 15.5. The highest BCUT2D eigenvalue weighted by Gasteiger charge is 2.52. The maximum Gasteiger partial charge on any atom is 0.362 e. The lowest BCUT2D eigenvalue weighted by molar-refractivity contribution is -0.968. The van der Waals surface area contributed by atoms with Crippen LogP contribution in [-0.2, 0) is 14.4 Å². The smallest absolute Gasteiger partial charge is 0.362 e. The molecule has 0 aliphatic rings. The molecule has 3 unspecified atom stereocenters. The lowest BCUT2D eigenvalue weighted by Gasteiger charge is -2.47. The fraction of sp³-hybridized carbons (Fsp3) is 0.848. The predicted octanol–water partition coefficient (Wildman–Crippen LogP) is 8.60.